The first-order valence-electron chi connectivity index (χ1n) is 13.1. The predicted molar refractivity (Wildman–Crippen MR) is 150 cm³/mol. The maximum Gasteiger partial charge on any atom is 0.418 e. The largest absolute Gasteiger partial charge is 0.418 e. The number of alkyl halides is 3. The van der Waals surface area contributed by atoms with Crippen molar-refractivity contribution in [3.63, 3.8) is 0 Å². The van der Waals surface area contributed by atoms with Crippen LogP contribution in [0.25, 0.3) is 34.3 Å². The zero-order chi connectivity index (χ0) is 28.2. The molecule has 40 heavy (non-hydrogen) atoms. The molecule has 0 saturated carbocycles. The molecule has 0 spiro atoms. The highest BCUT2D eigenvalue weighted by Gasteiger charge is 2.36. The Morgan fingerprint density at radius 3 is 2.45 bits per heavy atom. The predicted octanol–water partition coefficient (Wildman–Crippen LogP) is 5.03. The van der Waals surface area contributed by atoms with Crippen molar-refractivity contribution in [1.82, 2.24) is 24.0 Å². The summed E-state index contributed by atoms with van der Waals surface area (Å²) in [6, 6.07) is 9.89. The average molecular weight is 547 g/mol. The van der Waals surface area contributed by atoms with Crippen molar-refractivity contribution in [3.05, 3.63) is 87.9 Å². The van der Waals surface area contributed by atoms with E-state index in [1.165, 1.54) is 20.8 Å². The van der Waals surface area contributed by atoms with Gasteiger partial charge in [-0.2, -0.15) is 13.2 Å². The molecule has 7 nitrogen and oxygen atoms in total. The van der Waals surface area contributed by atoms with Crippen LogP contribution >= 0.6 is 0 Å². The number of hydrogen-bond donors (Lipinski definition) is 0. The van der Waals surface area contributed by atoms with E-state index in [1.54, 1.807) is 30.4 Å². The molecule has 0 N–H and O–H groups in total. The summed E-state index contributed by atoms with van der Waals surface area (Å²) < 4.78 is 45.6. The van der Waals surface area contributed by atoms with Crippen LogP contribution in [-0.2, 0) is 19.6 Å². The Balaban J connectivity index is 1.43. The van der Waals surface area contributed by atoms with E-state index in [4.69, 9.17) is 0 Å². The number of hydrogen-bond acceptors (Lipinski definition) is 5. The second-order valence-electron chi connectivity index (χ2n) is 10.6. The summed E-state index contributed by atoms with van der Waals surface area (Å²) in [4.78, 5) is 26.2. The molecule has 6 rings (SSSR count). The fraction of sp³-hybridized carbons (Fsp3) is 0.300. The van der Waals surface area contributed by atoms with Crippen LogP contribution in [0.15, 0.2) is 65.4 Å². The lowest BCUT2D eigenvalue weighted by Gasteiger charge is -2.35. The van der Waals surface area contributed by atoms with Crippen LogP contribution < -0.4 is 10.6 Å². The monoisotopic (exact) mass is 546 g/mol. The number of pyridine rings is 2. The molecule has 0 atom stereocenters. The molecule has 0 unspecified atom stereocenters. The topological polar surface area (TPSA) is 59.2 Å². The molecule has 4 heterocycles. The number of benzene rings is 1. The van der Waals surface area contributed by atoms with Crippen molar-refractivity contribution in [1.29, 1.82) is 0 Å². The number of allylic oxidation sites excluding steroid dienone is 1. The Bertz CT molecular complexity index is 1690. The molecule has 4 aromatic rings. The summed E-state index contributed by atoms with van der Waals surface area (Å²) in [5.41, 5.74) is 5.03. The smallest absolute Gasteiger partial charge is 0.368 e. The van der Waals surface area contributed by atoms with E-state index in [-0.39, 0.29) is 11.4 Å². The van der Waals surface area contributed by atoms with Gasteiger partial charge in [0.15, 0.2) is 0 Å². The zero-order valence-electron chi connectivity index (χ0n) is 22.5. The van der Waals surface area contributed by atoms with E-state index in [2.05, 4.69) is 33.9 Å². The van der Waals surface area contributed by atoms with Gasteiger partial charge >= 0.3 is 11.9 Å². The van der Waals surface area contributed by atoms with E-state index in [1.807, 2.05) is 25.4 Å². The van der Waals surface area contributed by atoms with Crippen molar-refractivity contribution in [2.45, 2.75) is 19.5 Å². The third-order valence-corrected chi connectivity index (χ3v) is 7.65. The third-order valence-electron chi connectivity index (χ3n) is 7.65. The number of aryl methyl sites for hydroxylation is 1. The molecular formula is C30H29F3N6O. The lowest BCUT2D eigenvalue weighted by atomic mass is 10.0. The normalized spacial score (nSPS) is 15.8. The number of aromatic nitrogens is 4. The Morgan fingerprint density at radius 1 is 0.925 bits per heavy atom. The molecule has 10 heteroatoms. The molecule has 1 fully saturated rings. The Morgan fingerprint density at radius 2 is 1.70 bits per heavy atom. The van der Waals surface area contributed by atoms with Crippen LogP contribution in [0.1, 0.15) is 23.7 Å². The van der Waals surface area contributed by atoms with E-state index < -0.39 is 17.4 Å². The first-order chi connectivity index (χ1) is 19.1. The summed E-state index contributed by atoms with van der Waals surface area (Å²) in [6.07, 6.45) is 3.42. The highest BCUT2D eigenvalue weighted by molar-refractivity contribution is 5.73. The molecule has 2 aliphatic rings. The van der Waals surface area contributed by atoms with Crippen molar-refractivity contribution in [2.75, 3.05) is 38.1 Å². The van der Waals surface area contributed by atoms with E-state index in [9.17, 15) is 18.0 Å². The van der Waals surface area contributed by atoms with Crippen LogP contribution in [0, 0.1) is 0 Å². The van der Waals surface area contributed by atoms with Gasteiger partial charge in [0.05, 0.1) is 28.3 Å². The summed E-state index contributed by atoms with van der Waals surface area (Å²) in [5, 5.41) is 0. The number of anilines is 1. The highest BCUT2D eigenvalue weighted by atomic mass is 19.4. The fourth-order valence-electron chi connectivity index (χ4n) is 5.47. The quantitative estimate of drug-likeness (QED) is 0.360. The number of imidazole rings is 1. The van der Waals surface area contributed by atoms with Crippen LogP contribution in [0.3, 0.4) is 0 Å². The minimum atomic E-state index is -4.58. The highest BCUT2D eigenvalue weighted by Crippen LogP contribution is 2.39. The van der Waals surface area contributed by atoms with Gasteiger partial charge in [0.25, 0.3) is 0 Å². The number of rotatable bonds is 4. The van der Waals surface area contributed by atoms with Gasteiger partial charge in [0.2, 0.25) is 0 Å². The van der Waals surface area contributed by atoms with Gasteiger partial charge in [-0.1, -0.05) is 11.6 Å². The lowest BCUT2D eigenvalue weighted by molar-refractivity contribution is -0.137. The summed E-state index contributed by atoms with van der Waals surface area (Å²) in [7, 11) is 3.53. The van der Waals surface area contributed by atoms with Gasteiger partial charge in [0.1, 0.15) is 0 Å². The van der Waals surface area contributed by atoms with E-state index in [0.717, 1.165) is 34.9 Å². The fourth-order valence-corrected chi connectivity index (χ4v) is 5.47. The molecule has 1 aromatic carbocycles. The van der Waals surface area contributed by atoms with Gasteiger partial charge in [-0.05, 0) is 61.5 Å². The van der Waals surface area contributed by atoms with Crippen molar-refractivity contribution < 1.29 is 13.2 Å². The second-order valence-corrected chi connectivity index (χ2v) is 10.6. The molecule has 0 bridgehead atoms. The van der Waals surface area contributed by atoms with Crippen LogP contribution in [0.2, 0.25) is 0 Å². The number of nitrogens with zero attached hydrogens (tertiary/aromatic N) is 6. The maximum absolute atomic E-state index is 14.3. The second kappa shape index (κ2) is 9.78. The summed E-state index contributed by atoms with van der Waals surface area (Å²) in [5.74, 6) is 0. The molecule has 206 valence electrons. The SMILES string of the molecule is CC1=Cc2cc(-c3ccnc(-c4cn(C)c(=O)n4-c4ccc(N5CCN(C)CC5)c(C(F)(F)F)c4)c3)cnc2C1. The van der Waals surface area contributed by atoms with Crippen LogP contribution in [0.4, 0.5) is 18.9 Å². The van der Waals surface area contributed by atoms with Gasteiger partial charge in [0, 0.05) is 69.5 Å². The lowest BCUT2D eigenvalue weighted by Crippen LogP contribution is -2.45. The maximum atomic E-state index is 14.3. The average Bonchev–Trinajstić information content (AvgIpc) is 3.45. The van der Waals surface area contributed by atoms with Crippen LogP contribution in [0.5, 0.6) is 0 Å². The Kier molecular flexibility index (Phi) is 6.37. The summed E-state index contributed by atoms with van der Waals surface area (Å²) in [6.45, 7) is 4.43. The number of likely N-dealkylation sites (N-methyl/N-ethyl adjacent to an activating group) is 1. The number of fused-ring (bicyclic) bond motifs is 1. The first kappa shape index (κ1) is 26.1. The number of piperazine rings is 1. The molecule has 3 aromatic heterocycles. The van der Waals surface area contributed by atoms with Crippen LogP contribution in [-0.4, -0.2) is 57.2 Å². The van der Waals surface area contributed by atoms with Gasteiger partial charge in [-0.25, -0.2) is 4.79 Å². The molecular weight excluding hydrogens is 517 g/mol. The van der Waals surface area contributed by atoms with Crippen molar-refractivity contribution in [3.8, 4) is 28.2 Å². The van der Waals surface area contributed by atoms with Gasteiger partial charge in [-0.3, -0.25) is 14.5 Å². The zero-order valence-corrected chi connectivity index (χ0v) is 22.5. The first-order valence-corrected chi connectivity index (χ1v) is 13.1. The van der Waals surface area contributed by atoms with Crippen molar-refractivity contribution in [2.24, 2.45) is 7.05 Å². The Labute approximate surface area is 229 Å². The van der Waals surface area contributed by atoms with Gasteiger partial charge in [-0.15, -0.1) is 0 Å². The molecule has 1 aliphatic heterocycles. The standard InChI is InChI=1S/C30H29F3N6O/c1-19-12-21-14-22(17-35-25(21)13-19)20-6-7-34-26(15-20)28-18-37(3)29(40)39(28)23-4-5-27(24(16-23)30(31,32)33)38-10-8-36(2)9-11-38/h4-7,12,14-18H,8-11,13H2,1-3H3. The third kappa shape index (κ3) is 4.72. The Hall–Kier alpha value is -4.18. The minimum absolute atomic E-state index is 0.128. The molecule has 1 aliphatic carbocycles. The van der Waals surface area contributed by atoms with E-state index >= 15 is 0 Å². The molecule has 0 radical (unpaired) electrons. The minimum Gasteiger partial charge on any atom is -0.368 e. The molecule has 0 amide bonds. The number of halogens is 3. The summed E-state index contributed by atoms with van der Waals surface area (Å²) >= 11 is 0. The van der Waals surface area contributed by atoms with E-state index in [0.29, 0.717) is 37.6 Å². The molecule has 1 saturated heterocycles. The van der Waals surface area contributed by atoms with Gasteiger partial charge < -0.3 is 14.4 Å². The van der Waals surface area contributed by atoms with Crippen molar-refractivity contribution >= 4 is 11.8 Å².